The van der Waals surface area contributed by atoms with Crippen LogP contribution >= 0.6 is 0 Å². The third-order valence-corrected chi connectivity index (χ3v) is 3.11. The molecule has 0 fully saturated rings. The maximum atomic E-state index is 12.0. The fraction of sp³-hybridized carbons (Fsp3) is 0.385. The van der Waals surface area contributed by atoms with Crippen molar-refractivity contribution >= 4 is 16.9 Å². The Bertz CT molecular complexity index is 561. The Labute approximate surface area is 106 Å². The first-order valence-electron chi connectivity index (χ1n) is 6.05. The summed E-state index contributed by atoms with van der Waals surface area (Å²) in [6.07, 6.45) is 0. The molecule has 0 aliphatic heterocycles. The number of aromatic nitrogens is 2. The first kappa shape index (κ1) is 12.6. The number of nitrogens with two attached hydrogens (primary N) is 1. The lowest BCUT2D eigenvalue weighted by atomic mass is 10.3. The highest BCUT2D eigenvalue weighted by Crippen LogP contribution is 2.15. The number of imidazole rings is 1. The summed E-state index contributed by atoms with van der Waals surface area (Å²) in [4.78, 5) is 18.1. The summed E-state index contributed by atoms with van der Waals surface area (Å²) < 4.78 is 1.89. The van der Waals surface area contributed by atoms with Crippen molar-refractivity contribution in [1.29, 1.82) is 0 Å². The maximum absolute atomic E-state index is 12.0. The normalized spacial score (nSPS) is 10.8. The van der Waals surface area contributed by atoms with E-state index < -0.39 is 0 Å². The molecule has 2 rings (SSSR count). The molecule has 1 aromatic carbocycles. The fourth-order valence-corrected chi connectivity index (χ4v) is 1.89. The van der Waals surface area contributed by atoms with Gasteiger partial charge in [-0.3, -0.25) is 4.79 Å². The molecular weight excluding hydrogens is 228 g/mol. The fourth-order valence-electron chi connectivity index (χ4n) is 1.89. The van der Waals surface area contributed by atoms with Gasteiger partial charge in [-0.05, 0) is 19.1 Å². The molecule has 96 valence electrons. The Balaban J connectivity index is 2.39. The number of rotatable bonds is 4. The molecule has 1 aromatic heterocycles. The summed E-state index contributed by atoms with van der Waals surface area (Å²) in [6.45, 7) is 3.27. The van der Waals surface area contributed by atoms with E-state index in [0.29, 0.717) is 13.1 Å². The summed E-state index contributed by atoms with van der Waals surface area (Å²) in [6, 6.07) is 7.76. The van der Waals surface area contributed by atoms with Crippen LogP contribution in [0.2, 0.25) is 0 Å². The van der Waals surface area contributed by atoms with Crippen molar-refractivity contribution in [3.05, 3.63) is 30.1 Å². The number of hydrogen-bond acceptors (Lipinski definition) is 3. The predicted octanol–water partition coefficient (Wildman–Crippen LogP) is 0.973. The van der Waals surface area contributed by atoms with Crippen molar-refractivity contribution < 1.29 is 4.79 Å². The Morgan fingerprint density at radius 2 is 2.17 bits per heavy atom. The predicted molar refractivity (Wildman–Crippen MR) is 70.9 cm³/mol. The van der Waals surface area contributed by atoms with E-state index in [1.165, 1.54) is 0 Å². The zero-order valence-corrected chi connectivity index (χ0v) is 10.8. The van der Waals surface area contributed by atoms with Crippen LogP contribution in [0.1, 0.15) is 12.7 Å². The zero-order valence-electron chi connectivity index (χ0n) is 10.8. The second-order valence-corrected chi connectivity index (χ2v) is 4.21. The molecule has 1 amide bonds. The molecule has 0 saturated heterocycles. The summed E-state index contributed by atoms with van der Waals surface area (Å²) in [5, 5.41) is 0. The second kappa shape index (κ2) is 5.18. The van der Waals surface area contributed by atoms with E-state index in [1.54, 1.807) is 11.9 Å². The Morgan fingerprint density at radius 3 is 2.83 bits per heavy atom. The Morgan fingerprint density at radius 1 is 1.44 bits per heavy atom. The largest absolute Gasteiger partial charge is 0.344 e. The number of fused-ring (bicyclic) bond motifs is 1. The molecular formula is C13H18N4O. The van der Waals surface area contributed by atoms with Crippen molar-refractivity contribution in [3.8, 4) is 0 Å². The van der Waals surface area contributed by atoms with E-state index in [2.05, 4.69) is 4.98 Å². The first-order chi connectivity index (χ1) is 8.67. The van der Waals surface area contributed by atoms with Gasteiger partial charge >= 0.3 is 0 Å². The van der Waals surface area contributed by atoms with Crippen molar-refractivity contribution in [2.24, 2.45) is 5.73 Å². The van der Waals surface area contributed by atoms with Gasteiger partial charge in [-0.15, -0.1) is 0 Å². The van der Waals surface area contributed by atoms with Gasteiger partial charge in [0.05, 0.1) is 17.6 Å². The minimum Gasteiger partial charge on any atom is -0.344 e. The van der Waals surface area contributed by atoms with Gasteiger partial charge in [-0.25, -0.2) is 4.98 Å². The molecule has 2 aromatic rings. The van der Waals surface area contributed by atoms with Crippen LogP contribution in [0, 0.1) is 0 Å². The van der Waals surface area contributed by atoms with Gasteiger partial charge in [-0.2, -0.15) is 0 Å². The SMILES string of the molecule is CCN(C)C(=O)Cn1c(CN)nc2ccccc21. The van der Waals surface area contributed by atoms with Crippen LogP contribution in [0.15, 0.2) is 24.3 Å². The molecule has 2 N–H and O–H groups in total. The van der Waals surface area contributed by atoms with Gasteiger partial charge in [-0.1, -0.05) is 12.1 Å². The monoisotopic (exact) mass is 246 g/mol. The molecule has 0 unspecified atom stereocenters. The van der Waals surface area contributed by atoms with Crippen LogP contribution in [0.4, 0.5) is 0 Å². The highest BCUT2D eigenvalue weighted by Gasteiger charge is 2.14. The van der Waals surface area contributed by atoms with E-state index in [4.69, 9.17) is 5.73 Å². The number of carbonyl (C=O) groups is 1. The van der Waals surface area contributed by atoms with Crippen molar-refractivity contribution in [2.75, 3.05) is 13.6 Å². The van der Waals surface area contributed by atoms with E-state index in [1.807, 2.05) is 35.8 Å². The minimum absolute atomic E-state index is 0.0651. The number of para-hydroxylation sites is 2. The quantitative estimate of drug-likeness (QED) is 0.874. The molecule has 1 heterocycles. The average Bonchev–Trinajstić information content (AvgIpc) is 2.76. The maximum Gasteiger partial charge on any atom is 0.242 e. The highest BCUT2D eigenvalue weighted by atomic mass is 16.2. The number of amides is 1. The summed E-state index contributed by atoms with van der Waals surface area (Å²) in [5.74, 6) is 0.810. The molecule has 0 spiro atoms. The van der Waals surface area contributed by atoms with Gasteiger partial charge in [0, 0.05) is 13.6 Å². The first-order valence-corrected chi connectivity index (χ1v) is 6.05. The molecule has 0 aliphatic carbocycles. The molecule has 0 bridgehead atoms. The van der Waals surface area contributed by atoms with Crippen LogP contribution in [-0.4, -0.2) is 34.0 Å². The van der Waals surface area contributed by atoms with Crippen LogP contribution in [0.5, 0.6) is 0 Å². The van der Waals surface area contributed by atoms with Crippen LogP contribution in [0.25, 0.3) is 11.0 Å². The van der Waals surface area contributed by atoms with Crippen LogP contribution < -0.4 is 5.73 Å². The number of nitrogens with zero attached hydrogens (tertiary/aromatic N) is 3. The van der Waals surface area contributed by atoms with Gasteiger partial charge < -0.3 is 15.2 Å². The number of likely N-dealkylation sites (N-methyl/N-ethyl adjacent to an activating group) is 1. The molecule has 0 radical (unpaired) electrons. The van der Waals surface area contributed by atoms with Crippen molar-refractivity contribution in [1.82, 2.24) is 14.5 Å². The lowest BCUT2D eigenvalue weighted by Gasteiger charge is -2.16. The van der Waals surface area contributed by atoms with Crippen LogP contribution in [0.3, 0.4) is 0 Å². The third kappa shape index (κ3) is 2.22. The number of carbonyl (C=O) groups excluding carboxylic acids is 1. The summed E-state index contributed by atoms with van der Waals surface area (Å²) in [7, 11) is 1.80. The van der Waals surface area contributed by atoms with Crippen molar-refractivity contribution in [3.63, 3.8) is 0 Å². The van der Waals surface area contributed by atoms with Gasteiger partial charge in [0.25, 0.3) is 0 Å². The Hall–Kier alpha value is -1.88. The topological polar surface area (TPSA) is 64.2 Å². The molecule has 0 saturated carbocycles. The molecule has 5 heteroatoms. The second-order valence-electron chi connectivity index (χ2n) is 4.21. The number of hydrogen-bond donors (Lipinski definition) is 1. The molecule has 18 heavy (non-hydrogen) atoms. The van der Waals surface area contributed by atoms with E-state index >= 15 is 0 Å². The standard InChI is InChI=1S/C13H18N4O/c1-3-16(2)13(18)9-17-11-7-5-4-6-10(11)15-12(17)8-14/h4-7H,3,8-9,14H2,1-2H3. The molecule has 0 aliphatic rings. The van der Waals surface area contributed by atoms with Gasteiger partial charge in [0.2, 0.25) is 5.91 Å². The third-order valence-electron chi connectivity index (χ3n) is 3.11. The number of benzene rings is 1. The minimum atomic E-state index is 0.0651. The lowest BCUT2D eigenvalue weighted by molar-refractivity contribution is -0.130. The average molecular weight is 246 g/mol. The summed E-state index contributed by atoms with van der Waals surface area (Å²) >= 11 is 0. The van der Waals surface area contributed by atoms with Gasteiger partial charge in [0.1, 0.15) is 12.4 Å². The van der Waals surface area contributed by atoms with E-state index in [0.717, 1.165) is 16.9 Å². The highest BCUT2D eigenvalue weighted by molar-refractivity contribution is 5.81. The van der Waals surface area contributed by atoms with Crippen molar-refractivity contribution in [2.45, 2.75) is 20.0 Å². The Kier molecular flexibility index (Phi) is 3.62. The van der Waals surface area contributed by atoms with Gasteiger partial charge in [0.15, 0.2) is 0 Å². The van der Waals surface area contributed by atoms with Crippen LogP contribution in [-0.2, 0) is 17.9 Å². The zero-order chi connectivity index (χ0) is 13.1. The molecule has 5 nitrogen and oxygen atoms in total. The van der Waals surface area contributed by atoms with E-state index in [-0.39, 0.29) is 12.5 Å². The smallest absolute Gasteiger partial charge is 0.242 e. The molecule has 0 atom stereocenters. The lowest BCUT2D eigenvalue weighted by Crippen LogP contribution is -2.30. The van der Waals surface area contributed by atoms with E-state index in [9.17, 15) is 4.79 Å². The summed E-state index contributed by atoms with van der Waals surface area (Å²) in [5.41, 5.74) is 7.52.